The second kappa shape index (κ2) is 8.78. The molecule has 1 atom stereocenters. The van der Waals surface area contributed by atoms with E-state index >= 15 is 0 Å². The van der Waals surface area contributed by atoms with Gasteiger partial charge < -0.3 is 14.4 Å². The molecule has 1 spiro atoms. The molecule has 1 aromatic heterocycles. The van der Waals surface area contributed by atoms with E-state index in [4.69, 9.17) is 14.2 Å². The predicted octanol–water partition coefficient (Wildman–Crippen LogP) is 4.72. The number of hydrogen-bond donors (Lipinski definition) is 1. The molecule has 1 aliphatic carbocycles. The molecule has 0 saturated carbocycles. The molecule has 2 aromatic carbocycles. The van der Waals surface area contributed by atoms with E-state index < -0.39 is 0 Å². The van der Waals surface area contributed by atoms with Crippen LogP contribution in [-0.2, 0) is 11.8 Å². The predicted molar refractivity (Wildman–Crippen MR) is 133 cm³/mol. The summed E-state index contributed by atoms with van der Waals surface area (Å²) < 4.78 is 11.4. The van der Waals surface area contributed by atoms with Crippen LogP contribution in [0.3, 0.4) is 0 Å². The zero-order valence-corrected chi connectivity index (χ0v) is 20.8. The third-order valence-electron chi connectivity index (χ3n) is 7.57. The standard InChI is InChI=1S/C28H32N4O3/c1-18(2)34-24-9-8-19(14-20(24)15-29)26-30-25(31-35-26)22-6-5-7-23-21(22)10-11-28(23)12-13-32(16-28)27(3,4)17-33/h5-9,14,18,33H,10-13,16-17H2,1-4H3. The molecular weight excluding hydrogens is 440 g/mol. The Morgan fingerprint density at radius 1 is 1.26 bits per heavy atom. The van der Waals surface area contributed by atoms with Crippen molar-refractivity contribution in [3.8, 4) is 34.7 Å². The molecule has 2 heterocycles. The summed E-state index contributed by atoms with van der Waals surface area (Å²) in [5, 5.41) is 23.7. The second-order valence-corrected chi connectivity index (χ2v) is 10.7. The second-order valence-electron chi connectivity index (χ2n) is 10.7. The number of nitrogens with zero attached hydrogens (tertiary/aromatic N) is 4. The molecule has 0 radical (unpaired) electrons. The third-order valence-corrected chi connectivity index (χ3v) is 7.57. The zero-order chi connectivity index (χ0) is 24.8. The van der Waals surface area contributed by atoms with Gasteiger partial charge in [-0.25, -0.2) is 0 Å². The van der Waals surface area contributed by atoms with Crippen LogP contribution in [0.1, 0.15) is 57.2 Å². The number of aliphatic hydroxyl groups excluding tert-OH is 1. The highest BCUT2D eigenvalue weighted by Gasteiger charge is 2.47. The van der Waals surface area contributed by atoms with Gasteiger partial charge in [-0.2, -0.15) is 10.2 Å². The van der Waals surface area contributed by atoms with Crippen LogP contribution in [0.25, 0.3) is 22.8 Å². The largest absolute Gasteiger partial charge is 0.490 e. The van der Waals surface area contributed by atoms with Gasteiger partial charge in [-0.15, -0.1) is 0 Å². The van der Waals surface area contributed by atoms with E-state index in [1.165, 1.54) is 11.1 Å². The molecule has 7 nitrogen and oxygen atoms in total. The fourth-order valence-corrected chi connectivity index (χ4v) is 5.53. The lowest BCUT2D eigenvalue weighted by atomic mass is 9.80. The summed E-state index contributed by atoms with van der Waals surface area (Å²) in [7, 11) is 0. The van der Waals surface area contributed by atoms with Gasteiger partial charge in [0.1, 0.15) is 11.8 Å². The summed E-state index contributed by atoms with van der Waals surface area (Å²) in [5.74, 6) is 1.50. The Kier molecular flexibility index (Phi) is 5.90. The number of likely N-dealkylation sites (tertiary alicyclic amines) is 1. The van der Waals surface area contributed by atoms with Crippen LogP contribution in [0, 0.1) is 11.3 Å². The van der Waals surface area contributed by atoms with E-state index in [9.17, 15) is 10.4 Å². The van der Waals surface area contributed by atoms with Crippen LogP contribution in [0.4, 0.5) is 0 Å². The van der Waals surface area contributed by atoms with E-state index in [0.29, 0.717) is 28.6 Å². The first kappa shape index (κ1) is 23.5. The first-order valence-corrected chi connectivity index (χ1v) is 12.3. The third kappa shape index (κ3) is 4.11. The quantitative estimate of drug-likeness (QED) is 0.554. The number of rotatable bonds is 6. The summed E-state index contributed by atoms with van der Waals surface area (Å²) in [5.41, 5.74) is 4.70. The van der Waals surface area contributed by atoms with Crippen LogP contribution in [0.2, 0.25) is 0 Å². The van der Waals surface area contributed by atoms with Gasteiger partial charge >= 0.3 is 0 Å². The van der Waals surface area contributed by atoms with Crippen LogP contribution in [0.5, 0.6) is 5.75 Å². The smallest absolute Gasteiger partial charge is 0.258 e. The summed E-state index contributed by atoms with van der Waals surface area (Å²) in [6, 6.07) is 13.9. The molecular formula is C28H32N4O3. The average molecular weight is 473 g/mol. The molecule has 0 bridgehead atoms. The highest BCUT2D eigenvalue weighted by atomic mass is 16.5. The molecule has 1 saturated heterocycles. The van der Waals surface area contributed by atoms with Crippen molar-refractivity contribution in [2.24, 2.45) is 0 Å². The molecule has 35 heavy (non-hydrogen) atoms. The zero-order valence-electron chi connectivity index (χ0n) is 20.8. The van der Waals surface area contributed by atoms with E-state index in [0.717, 1.165) is 37.9 Å². The lowest BCUT2D eigenvalue weighted by Crippen LogP contribution is -2.46. The Morgan fingerprint density at radius 3 is 2.83 bits per heavy atom. The lowest BCUT2D eigenvalue weighted by Gasteiger charge is -2.35. The SMILES string of the molecule is CC(C)Oc1ccc(-c2nc(-c3cccc4c3CCC43CCN(C(C)(C)CO)C3)no2)cc1C#N. The summed E-state index contributed by atoms with van der Waals surface area (Å²) in [4.78, 5) is 7.12. The van der Waals surface area contributed by atoms with E-state index in [-0.39, 0.29) is 23.7 Å². The average Bonchev–Trinajstić information content (AvgIpc) is 3.59. The number of fused-ring (bicyclic) bond motifs is 2. The monoisotopic (exact) mass is 472 g/mol. The van der Waals surface area contributed by atoms with Crippen molar-refractivity contribution < 1.29 is 14.4 Å². The van der Waals surface area contributed by atoms with Crippen LogP contribution in [-0.4, -0.2) is 51.5 Å². The van der Waals surface area contributed by atoms with Crippen molar-refractivity contribution in [1.29, 1.82) is 5.26 Å². The molecule has 1 N–H and O–H groups in total. The number of benzene rings is 2. The van der Waals surface area contributed by atoms with Crippen molar-refractivity contribution in [2.75, 3.05) is 19.7 Å². The Bertz CT molecular complexity index is 1290. The lowest BCUT2D eigenvalue weighted by molar-refractivity contribution is 0.0723. The molecule has 1 fully saturated rings. The number of hydrogen-bond acceptors (Lipinski definition) is 7. The molecule has 0 amide bonds. The van der Waals surface area contributed by atoms with Gasteiger partial charge in [0.05, 0.1) is 18.3 Å². The fraction of sp³-hybridized carbons (Fsp3) is 0.464. The van der Waals surface area contributed by atoms with Crippen LogP contribution < -0.4 is 4.74 Å². The van der Waals surface area contributed by atoms with Gasteiger partial charge in [0, 0.05) is 28.6 Å². The normalized spacial score (nSPS) is 19.9. The number of aliphatic hydroxyl groups is 1. The number of aromatic nitrogens is 2. The number of ether oxygens (including phenoxy) is 1. The van der Waals surface area contributed by atoms with E-state index in [2.05, 4.69) is 48.2 Å². The first-order valence-electron chi connectivity index (χ1n) is 12.3. The summed E-state index contributed by atoms with van der Waals surface area (Å²) >= 11 is 0. The minimum absolute atomic E-state index is 0.0203. The van der Waals surface area contributed by atoms with Gasteiger partial charge in [-0.3, -0.25) is 4.90 Å². The topological polar surface area (TPSA) is 95.4 Å². The van der Waals surface area contributed by atoms with E-state index in [1.54, 1.807) is 12.1 Å². The molecule has 7 heteroatoms. The maximum atomic E-state index is 9.86. The van der Waals surface area contributed by atoms with Crippen LogP contribution >= 0.6 is 0 Å². The maximum Gasteiger partial charge on any atom is 0.258 e. The molecule has 2 aliphatic rings. The molecule has 5 rings (SSSR count). The fourth-order valence-electron chi connectivity index (χ4n) is 5.53. The highest BCUT2D eigenvalue weighted by molar-refractivity contribution is 5.68. The minimum Gasteiger partial charge on any atom is -0.490 e. The minimum atomic E-state index is -0.218. The number of nitriles is 1. The van der Waals surface area contributed by atoms with Crippen molar-refractivity contribution in [1.82, 2.24) is 15.0 Å². The molecule has 182 valence electrons. The van der Waals surface area contributed by atoms with Crippen molar-refractivity contribution in [2.45, 2.75) is 64.0 Å². The molecule has 1 aliphatic heterocycles. The van der Waals surface area contributed by atoms with Gasteiger partial charge in [-0.1, -0.05) is 23.4 Å². The Balaban J connectivity index is 1.45. The van der Waals surface area contributed by atoms with Crippen LogP contribution in [0.15, 0.2) is 40.9 Å². The van der Waals surface area contributed by atoms with Gasteiger partial charge in [0.15, 0.2) is 0 Å². The van der Waals surface area contributed by atoms with Gasteiger partial charge in [0.25, 0.3) is 5.89 Å². The molecule has 1 unspecified atom stereocenters. The Labute approximate surface area is 206 Å². The van der Waals surface area contributed by atoms with Crippen molar-refractivity contribution in [3.05, 3.63) is 53.1 Å². The first-order chi connectivity index (χ1) is 16.8. The molecule has 3 aromatic rings. The van der Waals surface area contributed by atoms with Gasteiger partial charge in [-0.05, 0) is 82.8 Å². The summed E-state index contributed by atoms with van der Waals surface area (Å²) in [6.45, 7) is 10.2. The Hall–Kier alpha value is -3.21. The van der Waals surface area contributed by atoms with Gasteiger partial charge in [0.2, 0.25) is 5.82 Å². The highest BCUT2D eigenvalue weighted by Crippen LogP contribution is 2.49. The summed E-state index contributed by atoms with van der Waals surface area (Å²) in [6.07, 6.45) is 3.13. The van der Waals surface area contributed by atoms with Crippen molar-refractivity contribution >= 4 is 0 Å². The van der Waals surface area contributed by atoms with Crippen molar-refractivity contribution in [3.63, 3.8) is 0 Å². The van der Waals surface area contributed by atoms with E-state index in [1.807, 2.05) is 19.9 Å². The Morgan fingerprint density at radius 2 is 2.09 bits per heavy atom. The maximum absolute atomic E-state index is 9.86.